The second-order valence-corrected chi connectivity index (χ2v) is 6.67. The van der Waals surface area contributed by atoms with Crippen molar-refractivity contribution < 1.29 is 18.0 Å². The van der Waals surface area contributed by atoms with Gasteiger partial charge < -0.3 is 9.80 Å². The van der Waals surface area contributed by atoms with Gasteiger partial charge in [0.1, 0.15) is 0 Å². The molecule has 0 bridgehead atoms. The topological polar surface area (TPSA) is 23.6 Å². The van der Waals surface area contributed by atoms with Crippen molar-refractivity contribution in [2.75, 3.05) is 26.7 Å². The molecule has 0 saturated carbocycles. The van der Waals surface area contributed by atoms with Gasteiger partial charge in [-0.05, 0) is 55.6 Å². The summed E-state index contributed by atoms with van der Waals surface area (Å²) in [4.78, 5) is 16.4. The van der Waals surface area contributed by atoms with Crippen molar-refractivity contribution in [1.82, 2.24) is 9.80 Å². The first-order valence-electron chi connectivity index (χ1n) is 7.98. The summed E-state index contributed by atoms with van der Waals surface area (Å²) in [6, 6.07) is 3.87. The second kappa shape index (κ2) is 6.15. The molecular formula is C17H21F3N2O. The lowest BCUT2D eigenvalue weighted by molar-refractivity contribution is -0.137. The number of fused-ring (bicyclic) bond motifs is 1. The number of carbonyl (C=O) groups excluding carboxylic acids is 1. The normalized spacial score (nSPS) is 22.3. The zero-order valence-electron chi connectivity index (χ0n) is 13.2. The first-order valence-corrected chi connectivity index (χ1v) is 7.98. The third kappa shape index (κ3) is 3.68. The minimum atomic E-state index is -4.34. The number of hydrogen-bond acceptors (Lipinski definition) is 2. The lowest BCUT2D eigenvalue weighted by atomic mass is 9.96. The highest BCUT2D eigenvalue weighted by Gasteiger charge is 2.32. The third-order valence-corrected chi connectivity index (χ3v) is 4.85. The van der Waals surface area contributed by atoms with E-state index in [0.29, 0.717) is 37.4 Å². The van der Waals surface area contributed by atoms with E-state index in [4.69, 9.17) is 0 Å². The van der Waals surface area contributed by atoms with Crippen molar-refractivity contribution in [2.45, 2.75) is 32.0 Å². The third-order valence-electron chi connectivity index (χ3n) is 4.85. The Hall–Kier alpha value is -1.56. The predicted octanol–water partition coefficient (Wildman–Crippen LogP) is 2.93. The van der Waals surface area contributed by atoms with Crippen LogP contribution in [0.5, 0.6) is 0 Å². The summed E-state index contributed by atoms with van der Waals surface area (Å²) in [7, 11) is 2.04. The van der Waals surface area contributed by atoms with E-state index in [-0.39, 0.29) is 5.91 Å². The van der Waals surface area contributed by atoms with Gasteiger partial charge >= 0.3 is 6.18 Å². The Kier molecular flexibility index (Phi) is 4.36. The maximum absolute atomic E-state index is 12.8. The molecule has 0 aliphatic carbocycles. The number of carbonyl (C=O) groups is 1. The van der Waals surface area contributed by atoms with Crippen LogP contribution >= 0.6 is 0 Å². The van der Waals surface area contributed by atoms with Crippen LogP contribution in [-0.2, 0) is 23.9 Å². The van der Waals surface area contributed by atoms with E-state index in [9.17, 15) is 18.0 Å². The Morgan fingerprint density at radius 2 is 2.04 bits per heavy atom. The fraction of sp³-hybridized carbons (Fsp3) is 0.588. The van der Waals surface area contributed by atoms with Gasteiger partial charge in [0.15, 0.2) is 0 Å². The Labute approximate surface area is 134 Å². The Morgan fingerprint density at radius 3 is 2.70 bits per heavy atom. The summed E-state index contributed by atoms with van der Waals surface area (Å²) >= 11 is 0. The lowest BCUT2D eigenvalue weighted by Crippen LogP contribution is -2.37. The molecular weight excluding hydrogens is 305 g/mol. The van der Waals surface area contributed by atoms with Gasteiger partial charge in [0.2, 0.25) is 5.91 Å². The number of likely N-dealkylation sites (tertiary alicyclic amines) is 1. The molecule has 1 fully saturated rings. The summed E-state index contributed by atoms with van der Waals surface area (Å²) < 4.78 is 38.5. The highest BCUT2D eigenvalue weighted by atomic mass is 19.4. The van der Waals surface area contributed by atoms with E-state index in [1.807, 2.05) is 7.05 Å². The smallest absolute Gasteiger partial charge is 0.338 e. The summed E-state index contributed by atoms with van der Waals surface area (Å²) in [5, 5.41) is 0. The van der Waals surface area contributed by atoms with Crippen LogP contribution in [0, 0.1) is 5.92 Å². The van der Waals surface area contributed by atoms with Gasteiger partial charge in [-0.25, -0.2) is 0 Å². The quantitative estimate of drug-likeness (QED) is 0.834. The molecule has 1 unspecified atom stereocenters. The number of amides is 1. The predicted molar refractivity (Wildman–Crippen MR) is 80.8 cm³/mol. The van der Waals surface area contributed by atoms with Gasteiger partial charge in [0.25, 0.3) is 0 Å². The lowest BCUT2D eigenvalue weighted by Gasteiger charge is -2.30. The highest BCUT2D eigenvalue weighted by molar-refractivity contribution is 5.77. The molecule has 126 valence electrons. The van der Waals surface area contributed by atoms with E-state index < -0.39 is 11.7 Å². The SMILES string of the molecule is CN1CCC(CC(=O)N2CCc3ccc(C(F)(F)F)cc3C2)C1. The van der Waals surface area contributed by atoms with Crippen LogP contribution < -0.4 is 0 Å². The molecule has 3 rings (SSSR count). The van der Waals surface area contributed by atoms with E-state index >= 15 is 0 Å². The van der Waals surface area contributed by atoms with Crippen LogP contribution in [0.3, 0.4) is 0 Å². The fourth-order valence-electron chi connectivity index (χ4n) is 3.52. The van der Waals surface area contributed by atoms with Crippen molar-refractivity contribution in [3.8, 4) is 0 Å². The largest absolute Gasteiger partial charge is 0.416 e. The van der Waals surface area contributed by atoms with Crippen LogP contribution in [0.25, 0.3) is 0 Å². The van der Waals surface area contributed by atoms with Crippen molar-refractivity contribution in [2.24, 2.45) is 5.92 Å². The molecule has 0 spiro atoms. The van der Waals surface area contributed by atoms with Crippen LogP contribution in [0.4, 0.5) is 13.2 Å². The van der Waals surface area contributed by atoms with Crippen molar-refractivity contribution in [3.05, 3.63) is 34.9 Å². The Bertz CT molecular complexity index is 600. The van der Waals surface area contributed by atoms with Crippen molar-refractivity contribution in [3.63, 3.8) is 0 Å². The monoisotopic (exact) mass is 326 g/mol. The van der Waals surface area contributed by atoms with Crippen molar-refractivity contribution >= 4 is 5.91 Å². The molecule has 6 heteroatoms. The summed E-state index contributed by atoms with van der Waals surface area (Å²) in [6.07, 6.45) is -2.19. The molecule has 2 aliphatic rings. The number of halogens is 3. The number of nitrogens with zero attached hydrogens (tertiary/aromatic N) is 2. The molecule has 3 nitrogen and oxygen atoms in total. The molecule has 0 N–H and O–H groups in total. The molecule has 1 aromatic rings. The van der Waals surface area contributed by atoms with Crippen LogP contribution in [0.15, 0.2) is 18.2 Å². The van der Waals surface area contributed by atoms with Gasteiger partial charge in [0, 0.05) is 26.1 Å². The molecule has 0 radical (unpaired) electrons. The number of benzene rings is 1. The zero-order chi connectivity index (χ0) is 16.6. The zero-order valence-corrected chi connectivity index (χ0v) is 13.2. The molecule has 1 aromatic carbocycles. The first-order chi connectivity index (χ1) is 10.8. The molecule has 23 heavy (non-hydrogen) atoms. The van der Waals surface area contributed by atoms with Gasteiger partial charge in [-0.2, -0.15) is 13.2 Å². The second-order valence-electron chi connectivity index (χ2n) is 6.67. The van der Waals surface area contributed by atoms with Crippen molar-refractivity contribution in [1.29, 1.82) is 0 Å². The van der Waals surface area contributed by atoms with Crippen LogP contribution in [-0.4, -0.2) is 42.4 Å². The molecule has 1 atom stereocenters. The molecule has 2 aliphatic heterocycles. The van der Waals surface area contributed by atoms with E-state index in [0.717, 1.165) is 31.1 Å². The van der Waals surface area contributed by atoms with E-state index in [2.05, 4.69) is 4.90 Å². The van der Waals surface area contributed by atoms with E-state index in [1.54, 1.807) is 11.0 Å². The number of alkyl halides is 3. The van der Waals surface area contributed by atoms with Gasteiger partial charge in [-0.1, -0.05) is 6.07 Å². The Morgan fingerprint density at radius 1 is 1.26 bits per heavy atom. The summed E-state index contributed by atoms with van der Waals surface area (Å²) in [6.45, 7) is 2.82. The Balaban J connectivity index is 1.68. The number of rotatable bonds is 2. The van der Waals surface area contributed by atoms with Gasteiger partial charge in [-0.15, -0.1) is 0 Å². The molecule has 0 aromatic heterocycles. The molecule has 1 saturated heterocycles. The maximum Gasteiger partial charge on any atom is 0.416 e. The van der Waals surface area contributed by atoms with Gasteiger partial charge in [0.05, 0.1) is 5.56 Å². The minimum Gasteiger partial charge on any atom is -0.338 e. The maximum atomic E-state index is 12.8. The fourth-order valence-corrected chi connectivity index (χ4v) is 3.52. The average molecular weight is 326 g/mol. The average Bonchev–Trinajstić information content (AvgIpc) is 2.90. The minimum absolute atomic E-state index is 0.0633. The molecule has 2 heterocycles. The summed E-state index contributed by atoms with van der Waals surface area (Å²) in [5.74, 6) is 0.434. The standard InChI is InChI=1S/C17H21F3N2O/c1-21-6-4-12(10-21)8-16(23)22-7-5-13-2-3-15(17(18,19)20)9-14(13)11-22/h2-3,9,12H,4-8,10-11H2,1H3. The van der Waals surface area contributed by atoms with Crippen LogP contribution in [0.2, 0.25) is 0 Å². The molecule has 1 amide bonds. The highest BCUT2D eigenvalue weighted by Crippen LogP contribution is 2.32. The van der Waals surface area contributed by atoms with Crippen LogP contribution in [0.1, 0.15) is 29.5 Å². The first kappa shape index (κ1) is 16.3. The number of hydrogen-bond donors (Lipinski definition) is 0. The van der Waals surface area contributed by atoms with Gasteiger partial charge in [-0.3, -0.25) is 4.79 Å². The van der Waals surface area contributed by atoms with E-state index in [1.165, 1.54) is 6.07 Å². The summed E-state index contributed by atoms with van der Waals surface area (Å²) in [5.41, 5.74) is 0.911.